The SMILES string of the molecule is COc1ccc(/C(O)=C2/C(=O)C(=O)N(c3cccc(F)c3)C2c2ccc(Cl)cc2)c(OC)c1. The molecule has 1 atom stereocenters. The van der Waals surface area contributed by atoms with Crippen LogP contribution in [0.3, 0.4) is 0 Å². The van der Waals surface area contributed by atoms with Crippen molar-refractivity contribution < 1.29 is 28.6 Å². The van der Waals surface area contributed by atoms with Gasteiger partial charge in [-0.2, -0.15) is 0 Å². The second kappa shape index (κ2) is 8.96. The largest absolute Gasteiger partial charge is 0.507 e. The van der Waals surface area contributed by atoms with Crippen LogP contribution in [-0.4, -0.2) is 31.0 Å². The Balaban J connectivity index is 1.97. The molecule has 3 aromatic rings. The Bertz CT molecular complexity index is 1270. The molecule has 0 aromatic heterocycles. The van der Waals surface area contributed by atoms with Gasteiger partial charge >= 0.3 is 0 Å². The maximum atomic E-state index is 14.0. The van der Waals surface area contributed by atoms with Gasteiger partial charge in [-0.1, -0.05) is 29.8 Å². The van der Waals surface area contributed by atoms with E-state index < -0.39 is 29.3 Å². The predicted molar refractivity (Wildman–Crippen MR) is 122 cm³/mol. The molecular weight excluding hydrogens is 449 g/mol. The first-order valence-corrected chi connectivity index (χ1v) is 10.3. The smallest absolute Gasteiger partial charge is 0.300 e. The normalized spacial score (nSPS) is 17.3. The van der Waals surface area contributed by atoms with Crippen molar-refractivity contribution in [2.75, 3.05) is 19.1 Å². The van der Waals surface area contributed by atoms with Crippen LogP contribution in [-0.2, 0) is 9.59 Å². The average molecular weight is 468 g/mol. The maximum absolute atomic E-state index is 14.0. The minimum absolute atomic E-state index is 0.157. The van der Waals surface area contributed by atoms with E-state index in [2.05, 4.69) is 0 Å². The highest BCUT2D eigenvalue weighted by molar-refractivity contribution is 6.51. The number of aliphatic hydroxyl groups excluding tert-OH is 1. The highest BCUT2D eigenvalue weighted by Crippen LogP contribution is 2.43. The Morgan fingerprint density at radius 3 is 2.36 bits per heavy atom. The monoisotopic (exact) mass is 467 g/mol. The summed E-state index contributed by atoms with van der Waals surface area (Å²) >= 11 is 6.03. The quantitative estimate of drug-likeness (QED) is 0.320. The van der Waals surface area contributed by atoms with Gasteiger partial charge in [0.05, 0.1) is 31.4 Å². The summed E-state index contributed by atoms with van der Waals surface area (Å²) in [6.07, 6.45) is 0. The minimum Gasteiger partial charge on any atom is -0.507 e. The van der Waals surface area contributed by atoms with Gasteiger partial charge in [-0.05, 0) is 48.0 Å². The molecular formula is C25H19ClFNO5. The summed E-state index contributed by atoms with van der Waals surface area (Å²) < 4.78 is 24.5. The summed E-state index contributed by atoms with van der Waals surface area (Å²) in [5.74, 6) is -2.06. The predicted octanol–water partition coefficient (Wildman–Crippen LogP) is 5.12. The van der Waals surface area contributed by atoms with Crippen LogP contribution < -0.4 is 14.4 Å². The van der Waals surface area contributed by atoms with Gasteiger partial charge in [0.15, 0.2) is 0 Å². The van der Waals surface area contributed by atoms with E-state index >= 15 is 0 Å². The lowest BCUT2D eigenvalue weighted by molar-refractivity contribution is -0.132. The number of aliphatic hydroxyl groups is 1. The Kier molecular flexibility index (Phi) is 6.07. The van der Waals surface area contributed by atoms with Gasteiger partial charge in [-0.3, -0.25) is 14.5 Å². The summed E-state index contributed by atoms with van der Waals surface area (Å²) in [6.45, 7) is 0. The third-order valence-electron chi connectivity index (χ3n) is 5.38. The van der Waals surface area contributed by atoms with E-state index in [0.717, 1.165) is 11.0 Å². The van der Waals surface area contributed by atoms with Crippen LogP contribution in [0.4, 0.5) is 10.1 Å². The molecule has 0 spiro atoms. The first kappa shape index (κ1) is 22.4. The number of nitrogens with zero attached hydrogens (tertiary/aromatic N) is 1. The molecule has 1 heterocycles. The third kappa shape index (κ3) is 4.03. The molecule has 1 aliphatic heterocycles. The van der Waals surface area contributed by atoms with Gasteiger partial charge in [0.1, 0.15) is 23.1 Å². The Hall–Kier alpha value is -3.84. The molecule has 1 amide bonds. The number of methoxy groups -OCH3 is 2. The average Bonchev–Trinajstić information content (AvgIpc) is 3.09. The number of carbonyl (C=O) groups excluding carboxylic acids is 2. The molecule has 0 aliphatic carbocycles. The molecule has 6 nitrogen and oxygen atoms in total. The van der Waals surface area contributed by atoms with Crippen molar-refractivity contribution in [3.63, 3.8) is 0 Å². The van der Waals surface area contributed by atoms with Crippen molar-refractivity contribution in [1.29, 1.82) is 0 Å². The number of hydrogen-bond donors (Lipinski definition) is 1. The highest BCUT2D eigenvalue weighted by Gasteiger charge is 2.47. The number of ketones is 1. The fourth-order valence-corrected chi connectivity index (χ4v) is 3.95. The molecule has 4 rings (SSSR count). The summed E-state index contributed by atoms with van der Waals surface area (Å²) in [7, 11) is 2.90. The van der Waals surface area contributed by atoms with Crippen LogP contribution in [0.15, 0.2) is 72.3 Å². The molecule has 0 bridgehead atoms. The minimum atomic E-state index is -1.02. The topological polar surface area (TPSA) is 76.1 Å². The van der Waals surface area contributed by atoms with Crippen molar-refractivity contribution in [1.82, 2.24) is 0 Å². The molecule has 8 heteroatoms. The van der Waals surface area contributed by atoms with Gasteiger partial charge in [-0.25, -0.2) is 4.39 Å². The summed E-state index contributed by atoms with van der Waals surface area (Å²) in [6, 6.07) is 15.5. The van der Waals surface area contributed by atoms with Gasteiger partial charge in [-0.15, -0.1) is 0 Å². The van der Waals surface area contributed by atoms with Gasteiger partial charge in [0, 0.05) is 16.8 Å². The zero-order valence-corrected chi connectivity index (χ0v) is 18.5. The number of amides is 1. The van der Waals surface area contributed by atoms with Crippen molar-refractivity contribution in [3.05, 3.63) is 94.3 Å². The van der Waals surface area contributed by atoms with Gasteiger partial charge in [0.25, 0.3) is 11.7 Å². The van der Waals surface area contributed by atoms with Crippen LogP contribution in [0.25, 0.3) is 5.76 Å². The molecule has 33 heavy (non-hydrogen) atoms. The lowest BCUT2D eigenvalue weighted by Gasteiger charge is -2.25. The first-order chi connectivity index (χ1) is 15.8. The molecule has 1 fully saturated rings. The van der Waals surface area contributed by atoms with Gasteiger partial charge < -0.3 is 14.6 Å². The number of anilines is 1. The number of rotatable bonds is 5. The standard InChI is InChI=1S/C25H19ClFNO5/c1-32-18-10-11-19(20(13-18)33-2)23(29)21-22(14-6-8-15(26)9-7-14)28(25(31)24(21)30)17-5-3-4-16(27)12-17/h3-13,22,29H,1-2H3/b23-21-. The van der Waals surface area contributed by atoms with E-state index in [-0.39, 0.29) is 22.6 Å². The lowest BCUT2D eigenvalue weighted by atomic mass is 9.94. The van der Waals surface area contributed by atoms with Crippen LogP contribution >= 0.6 is 11.6 Å². The van der Waals surface area contributed by atoms with Gasteiger partial charge in [0.2, 0.25) is 0 Å². The highest BCUT2D eigenvalue weighted by atomic mass is 35.5. The first-order valence-electron chi connectivity index (χ1n) is 9.90. The molecule has 168 valence electrons. The maximum Gasteiger partial charge on any atom is 0.300 e. The Morgan fingerprint density at radius 2 is 1.73 bits per heavy atom. The second-order valence-electron chi connectivity index (χ2n) is 7.27. The molecule has 0 radical (unpaired) electrons. The Morgan fingerprint density at radius 1 is 1.00 bits per heavy atom. The molecule has 1 saturated heterocycles. The fraction of sp³-hybridized carbons (Fsp3) is 0.120. The number of Topliss-reactive ketones (excluding diaryl/α,β-unsaturated/α-hetero) is 1. The molecule has 3 aromatic carbocycles. The number of ether oxygens (including phenoxy) is 2. The van der Waals surface area contributed by atoms with Crippen molar-refractivity contribution in [2.45, 2.75) is 6.04 Å². The number of benzene rings is 3. The zero-order chi connectivity index (χ0) is 23.7. The second-order valence-corrected chi connectivity index (χ2v) is 7.70. The fourth-order valence-electron chi connectivity index (χ4n) is 3.82. The van der Waals surface area contributed by atoms with Crippen LogP contribution in [0.5, 0.6) is 11.5 Å². The van der Waals surface area contributed by atoms with Crippen LogP contribution in [0.2, 0.25) is 5.02 Å². The number of carbonyl (C=O) groups is 2. The van der Waals surface area contributed by atoms with Crippen molar-refractivity contribution >= 4 is 34.7 Å². The van der Waals surface area contributed by atoms with Crippen molar-refractivity contribution in [3.8, 4) is 11.5 Å². The van der Waals surface area contributed by atoms with E-state index in [1.165, 1.54) is 38.5 Å². The number of hydrogen-bond acceptors (Lipinski definition) is 5. The van der Waals surface area contributed by atoms with E-state index in [0.29, 0.717) is 16.3 Å². The summed E-state index contributed by atoms with van der Waals surface area (Å²) in [5.41, 5.74) is 0.735. The number of halogens is 2. The lowest BCUT2D eigenvalue weighted by Crippen LogP contribution is -2.29. The van der Waals surface area contributed by atoms with Crippen LogP contribution in [0.1, 0.15) is 17.2 Å². The molecule has 1 unspecified atom stereocenters. The van der Waals surface area contributed by atoms with E-state index in [4.69, 9.17) is 21.1 Å². The Labute approximate surface area is 194 Å². The van der Waals surface area contributed by atoms with E-state index in [1.807, 2.05) is 0 Å². The summed E-state index contributed by atoms with van der Waals surface area (Å²) in [5, 5.41) is 11.7. The van der Waals surface area contributed by atoms with E-state index in [9.17, 15) is 19.1 Å². The van der Waals surface area contributed by atoms with Crippen molar-refractivity contribution in [2.24, 2.45) is 0 Å². The summed E-state index contributed by atoms with van der Waals surface area (Å²) in [4.78, 5) is 27.4. The molecule has 1 aliphatic rings. The third-order valence-corrected chi connectivity index (χ3v) is 5.63. The molecule has 1 N–H and O–H groups in total. The molecule has 0 saturated carbocycles. The zero-order valence-electron chi connectivity index (χ0n) is 17.7. The van der Waals surface area contributed by atoms with Crippen LogP contribution in [0, 0.1) is 5.82 Å². The van der Waals surface area contributed by atoms with E-state index in [1.54, 1.807) is 36.4 Å².